The van der Waals surface area contributed by atoms with Gasteiger partial charge in [-0.3, -0.25) is 5.43 Å². The third-order valence-electron chi connectivity index (χ3n) is 3.76. The van der Waals surface area contributed by atoms with Crippen LogP contribution in [0.3, 0.4) is 0 Å². The lowest BCUT2D eigenvalue weighted by Gasteiger charge is -2.23. The summed E-state index contributed by atoms with van der Waals surface area (Å²) in [6.07, 6.45) is 2.81. The maximum atomic E-state index is 5.88. The highest BCUT2D eigenvalue weighted by Crippen LogP contribution is 2.18. The molecule has 146 valence electrons. The molecule has 1 rings (SSSR count). The van der Waals surface area contributed by atoms with Crippen LogP contribution in [-0.2, 0) is 0 Å². The smallest absolute Gasteiger partial charge is 0.186 e. The number of hydrogen-bond acceptors (Lipinski definition) is 4. The number of hydrogen-bond donors (Lipinski definition) is 2. The number of halogens is 2. The van der Waals surface area contributed by atoms with Crippen LogP contribution >= 0.6 is 35.4 Å². The Morgan fingerprint density at radius 2 is 1.88 bits per heavy atom. The van der Waals surface area contributed by atoms with Crippen LogP contribution in [0, 0.1) is 6.92 Å². The van der Waals surface area contributed by atoms with Crippen molar-refractivity contribution in [2.24, 2.45) is 5.10 Å². The molecule has 0 spiro atoms. The summed E-state index contributed by atoms with van der Waals surface area (Å²) in [7, 11) is 4.11. The molecule has 2 N–H and O–H groups in total. The van der Waals surface area contributed by atoms with E-state index in [1.54, 1.807) is 6.21 Å². The zero-order chi connectivity index (χ0) is 19.4. The van der Waals surface area contributed by atoms with Crippen molar-refractivity contribution in [3.8, 4) is 0 Å². The van der Waals surface area contributed by atoms with Crippen LogP contribution in [-0.4, -0.2) is 68.3 Å². The van der Waals surface area contributed by atoms with Gasteiger partial charge in [0, 0.05) is 37.1 Å². The summed E-state index contributed by atoms with van der Waals surface area (Å²) in [6.45, 7) is 5.45. The maximum Gasteiger partial charge on any atom is 0.186 e. The predicted octanol–water partition coefficient (Wildman–Crippen LogP) is 3.03. The van der Waals surface area contributed by atoms with E-state index in [4.69, 9.17) is 35.4 Å². The molecule has 0 bridgehead atoms. The molecule has 0 saturated carbocycles. The van der Waals surface area contributed by atoms with Crippen LogP contribution in [0.4, 0.5) is 5.69 Å². The van der Waals surface area contributed by atoms with Crippen molar-refractivity contribution in [3.05, 3.63) is 29.3 Å². The summed E-state index contributed by atoms with van der Waals surface area (Å²) >= 11 is 17.0. The molecule has 0 amide bonds. The summed E-state index contributed by atoms with van der Waals surface area (Å²) < 4.78 is 0. The Morgan fingerprint density at radius 1 is 1.19 bits per heavy atom. The third kappa shape index (κ3) is 9.03. The molecule has 26 heavy (non-hydrogen) atoms. The van der Waals surface area contributed by atoms with E-state index in [1.165, 1.54) is 0 Å². The molecule has 0 unspecified atom stereocenters. The van der Waals surface area contributed by atoms with Crippen LogP contribution in [0.2, 0.25) is 0 Å². The lowest BCUT2D eigenvalue weighted by molar-refractivity contribution is 0.400. The highest BCUT2D eigenvalue weighted by atomic mass is 35.5. The molecule has 0 aliphatic carbocycles. The standard InChI is InChI=1S/C18H29Cl2N5S/c1-15-13-17(25(11-7-19)12-8-20)6-5-16(15)14-22-23-18(26)21-9-4-10-24(2)3/h5-6,13-14H,4,7-12H2,1-3H3,(H2,21,23,26). The first-order valence-electron chi connectivity index (χ1n) is 8.67. The van der Waals surface area contributed by atoms with Crippen LogP contribution < -0.4 is 15.6 Å². The highest BCUT2D eigenvalue weighted by molar-refractivity contribution is 7.80. The highest BCUT2D eigenvalue weighted by Gasteiger charge is 2.07. The van der Waals surface area contributed by atoms with E-state index in [-0.39, 0.29) is 0 Å². The van der Waals surface area contributed by atoms with Gasteiger partial charge in [0.1, 0.15) is 0 Å². The van der Waals surface area contributed by atoms with E-state index in [9.17, 15) is 0 Å². The molecule has 0 fully saturated rings. The number of rotatable bonds is 11. The Balaban J connectivity index is 2.54. The number of aryl methyl sites for hydroxylation is 1. The van der Waals surface area contributed by atoms with Crippen LogP contribution in [0.25, 0.3) is 0 Å². The Labute approximate surface area is 172 Å². The zero-order valence-electron chi connectivity index (χ0n) is 15.8. The SMILES string of the molecule is Cc1cc(N(CCCl)CCCl)ccc1C=NNC(=S)NCCCN(C)C. The average molecular weight is 418 g/mol. The van der Waals surface area contributed by atoms with Gasteiger partial charge in [0.2, 0.25) is 0 Å². The third-order valence-corrected chi connectivity index (χ3v) is 4.34. The first-order valence-corrected chi connectivity index (χ1v) is 10.1. The van der Waals surface area contributed by atoms with Crippen molar-refractivity contribution in [3.63, 3.8) is 0 Å². The minimum Gasteiger partial charge on any atom is -0.369 e. The average Bonchev–Trinajstić information content (AvgIpc) is 2.60. The van der Waals surface area contributed by atoms with Gasteiger partial charge in [0.05, 0.1) is 6.21 Å². The van der Waals surface area contributed by atoms with Gasteiger partial charge in [-0.15, -0.1) is 23.2 Å². The van der Waals surface area contributed by atoms with Gasteiger partial charge in [0.15, 0.2) is 5.11 Å². The molecule has 0 aromatic heterocycles. The van der Waals surface area contributed by atoms with Crippen molar-refractivity contribution < 1.29 is 0 Å². The molecule has 0 heterocycles. The van der Waals surface area contributed by atoms with E-state index in [0.717, 1.165) is 49.4 Å². The van der Waals surface area contributed by atoms with Crippen molar-refractivity contribution in [2.45, 2.75) is 13.3 Å². The van der Waals surface area contributed by atoms with Crippen LogP contribution in [0.1, 0.15) is 17.5 Å². The monoisotopic (exact) mass is 417 g/mol. The second-order valence-electron chi connectivity index (χ2n) is 6.19. The fourth-order valence-corrected chi connectivity index (χ4v) is 2.94. The summed E-state index contributed by atoms with van der Waals surface area (Å²) in [5.74, 6) is 1.14. The first kappa shape index (κ1) is 23.0. The molecule has 5 nitrogen and oxygen atoms in total. The molecule has 0 saturated heterocycles. The van der Waals surface area contributed by atoms with Gasteiger partial charge >= 0.3 is 0 Å². The molecule has 0 aliphatic rings. The summed E-state index contributed by atoms with van der Waals surface area (Å²) in [4.78, 5) is 4.32. The topological polar surface area (TPSA) is 42.9 Å². The van der Waals surface area contributed by atoms with E-state index in [0.29, 0.717) is 16.9 Å². The molecule has 1 aromatic carbocycles. The normalized spacial score (nSPS) is 11.2. The summed E-state index contributed by atoms with van der Waals surface area (Å²) in [6, 6.07) is 6.22. The van der Waals surface area contributed by atoms with E-state index < -0.39 is 0 Å². The van der Waals surface area contributed by atoms with Crippen LogP contribution in [0.15, 0.2) is 23.3 Å². The molecule has 0 atom stereocenters. The van der Waals surface area contributed by atoms with E-state index >= 15 is 0 Å². The van der Waals surface area contributed by atoms with Gasteiger partial charge in [-0.25, -0.2) is 0 Å². The molecular weight excluding hydrogens is 389 g/mol. The molecule has 0 aliphatic heterocycles. The minimum absolute atomic E-state index is 0.532. The summed E-state index contributed by atoms with van der Waals surface area (Å²) in [5, 5.41) is 7.89. The fraction of sp³-hybridized carbons (Fsp3) is 0.556. The lowest BCUT2D eigenvalue weighted by Crippen LogP contribution is -2.33. The number of anilines is 1. The van der Waals surface area contributed by atoms with Crippen molar-refractivity contribution in [1.82, 2.24) is 15.6 Å². The maximum absolute atomic E-state index is 5.88. The minimum atomic E-state index is 0.532. The largest absolute Gasteiger partial charge is 0.369 e. The molecule has 1 aromatic rings. The Hall–Kier alpha value is -1.08. The van der Waals surface area contributed by atoms with Gasteiger partial charge < -0.3 is 15.1 Å². The van der Waals surface area contributed by atoms with Crippen molar-refractivity contribution in [2.75, 3.05) is 56.9 Å². The van der Waals surface area contributed by atoms with Gasteiger partial charge in [-0.1, -0.05) is 6.07 Å². The lowest BCUT2D eigenvalue weighted by atomic mass is 10.1. The number of nitrogens with one attached hydrogen (secondary N) is 2. The van der Waals surface area contributed by atoms with Crippen molar-refractivity contribution in [1.29, 1.82) is 0 Å². The second-order valence-corrected chi connectivity index (χ2v) is 7.35. The molecule has 8 heteroatoms. The number of thiocarbonyl (C=S) groups is 1. The van der Waals surface area contributed by atoms with E-state index in [2.05, 4.69) is 58.8 Å². The number of alkyl halides is 2. The molecular formula is C18H29Cl2N5S. The Bertz CT molecular complexity index is 575. The number of hydrazone groups is 1. The van der Waals surface area contributed by atoms with Gasteiger partial charge in [0.25, 0.3) is 0 Å². The first-order chi connectivity index (χ1) is 12.5. The van der Waals surface area contributed by atoms with Crippen LogP contribution in [0.5, 0.6) is 0 Å². The Morgan fingerprint density at radius 3 is 2.46 bits per heavy atom. The zero-order valence-corrected chi connectivity index (χ0v) is 18.1. The fourth-order valence-electron chi connectivity index (χ4n) is 2.37. The quantitative estimate of drug-likeness (QED) is 0.190. The van der Waals surface area contributed by atoms with E-state index in [1.807, 2.05) is 6.07 Å². The van der Waals surface area contributed by atoms with Crippen molar-refractivity contribution >= 4 is 52.4 Å². The summed E-state index contributed by atoms with van der Waals surface area (Å²) in [5.41, 5.74) is 6.14. The second kappa shape index (κ2) is 13.1. The predicted molar refractivity (Wildman–Crippen MR) is 119 cm³/mol. The Kier molecular flexibility index (Phi) is 11.6. The number of nitrogens with zero attached hydrogens (tertiary/aromatic N) is 3. The molecule has 0 radical (unpaired) electrons. The van der Waals surface area contributed by atoms with Gasteiger partial charge in [-0.05, 0) is 69.5 Å². The number of benzene rings is 1. The van der Waals surface area contributed by atoms with Gasteiger partial charge in [-0.2, -0.15) is 5.10 Å².